The lowest BCUT2D eigenvalue weighted by Crippen LogP contribution is -2.55. The number of hydrogen-bond donors (Lipinski definition) is 0. The second kappa shape index (κ2) is 5.63. The van der Waals surface area contributed by atoms with Gasteiger partial charge in [0.05, 0.1) is 5.54 Å². The number of urea groups is 1. The molecule has 5 heteroatoms. The van der Waals surface area contributed by atoms with Gasteiger partial charge in [0, 0.05) is 43.5 Å². The first kappa shape index (κ1) is 16.3. The molecule has 0 atom stereocenters. The third-order valence-electron chi connectivity index (χ3n) is 4.48. The fourth-order valence-electron chi connectivity index (χ4n) is 2.87. The lowest BCUT2D eigenvalue weighted by molar-refractivity contribution is 0.0973. The summed E-state index contributed by atoms with van der Waals surface area (Å²) >= 11 is 0. The predicted molar refractivity (Wildman–Crippen MR) is 87.7 cm³/mol. The number of hydrogen-bond acceptors (Lipinski definition) is 2. The van der Waals surface area contributed by atoms with E-state index in [1.54, 1.807) is 27.6 Å². The number of rotatable bonds is 3. The summed E-state index contributed by atoms with van der Waals surface area (Å²) in [4.78, 5) is 28.6. The van der Waals surface area contributed by atoms with Crippen molar-refractivity contribution in [3.63, 3.8) is 0 Å². The molecule has 1 fully saturated rings. The third kappa shape index (κ3) is 2.56. The number of carbonyl (C=O) groups is 1. The highest BCUT2D eigenvalue weighted by atomic mass is 16.2. The normalized spacial score (nSPS) is 16.6. The molecule has 2 amide bonds. The van der Waals surface area contributed by atoms with Crippen LogP contribution in [0.25, 0.3) is 0 Å². The van der Waals surface area contributed by atoms with E-state index in [0.717, 1.165) is 12.1 Å². The van der Waals surface area contributed by atoms with Gasteiger partial charge in [0.1, 0.15) is 0 Å². The number of amides is 2. The van der Waals surface area contributed by atoms with Gasteiger partial charge in [-0.2, -0.15) is 0 Å². The number of pyridine rings is 1. The second-order valence-electron chi connectivity index (χ2n) is 6.60. The van der Waals surface area contributed by atoms with Gasteiger partial charge in [-0.05, 0) is 39.8 Å². The van der Waals surface area contributed by atoms with Crippen LogP contribution < -0.4 is 5.56 Å². The molecule has 0 N–H and O–H groups in total. The van der Waals surface area contributed by atoms with Crippen LogP contribution in [0.1, 0.15) is 45.7 Å². The van der Waals surface area contributed by atoms with E-state index >= 15 is 0 Å². The lowest BCUT2D eigenvalue weighted by atomic mass is 9.92. The molecule has 1 saturated heterocycles. The van der Waals surface area contributed by atoms with Crippen LogP contribution in [0.5, 0.6) is 0 Å². The molecule has 1 aromatic heterocycles. The molecule has 120 valence electrons. The second-order valence-corrected chi connectivity index (χ2v) is 6.60. The summed E-state index contributed by atoms with van der Waals surface area (Å²) in [6.45, 7) is 12.3. The fourth-order valence-corrected chi connectivity index (χ4v) is 2.87. The molecule has 2 rings (SSSR count). The third-order valence-corrected chi connectivity index (χ3v) is 4.48. The van der Waals surface area contributed by atoms with Gasteiger partial charge in [0.2, 0.25) is 0 Å². The molecule has 1 aliphatic heterocycles. The predicted octanol–water partition coefficient (Wildman–Crippen LogP) is 2.94. The minimum atomic E-state index is -0.666. The van der Waals surface area contributed by atoms with Crippen LogP contribution in [0.3, 0.4) is 0 Å². The van der Waals surface area contributed by atoms with Crippen molar-refractivity contribution in [2.45, 2.75) is 45.7 Å². The van der Waals surface area contributed by atoms with E-state index in [2.05, 4.69) is 6.58 Å². The Morgan fingerprint density at radius 2 is 1.91 bits per heavy atom. The van der Waals surface area contributed by atoms with Gasteiger partial charge >= 0.3 is 6.03 Å². The maximum atomic E-state index is 12.7. The monoisotopic (exact) mass is 303 g/mol. The summed E-state index contributed by atoms with van der Waals surface area (Å²) in [5, 5.41) is 0. The molecule has 1 aliphatic rings. The summed E-state index contributed by atoms with van der Waals surface area (Å²) in [7, 11) is 1.73. The fraction of sp³-hybridized carbons (Fsp3) is 0.529. The summed E-state index contributed by atoms with van der Waals surface area (Å²) in [5.41, 5.74) is 0.742. The Kier molecular flexibility index (Phi) is 4.18. The standard InChI is InChI=1S/C17H25N3O2/c1-12(2)19-10-7-8-14(15(19)21)17(4,5)20-11-9-13(3)18(6)16(20)22/h7-8,10,12H,3,9,11H2,1-2,4-6H3. The van der Waals surface area contributed by atoms with Gasteiger partial charge in [0.15, 0.2) is 0 Å². The Labute approximate surface area is 131 Å². The molecular formula is C17H25N3O2. The highest BCUT2D eigenvalue weighted by molar-refractivity contribution is 5.78. The van der Waals surface area contributed by atoms with Gasteiger partial charge in [-0.1, -0.05) is 6.58 Å². The first-order chi connectivity index (χ1) is 10.2. The van der Waals surface area contributed by atoms with Gasteiger partial charge in [-0.25, -0.2) is 4.79 Å². The maximum Gasteiger partial charge on any atom is 0.324 e. The van der Waals surface area contributed by atoms with Crippen molar-refractivity contribution in [2.24, 2.45) is 0 Å². The van der Waals surface area contributed by atoms with E-state index in [0.29, 0.717) is 12.1 Å². The van der Waals surface area contributed by atoms with Crippen LogP contribution in [0.4, 0.5) is 4.79 Å². The zero-order valence-electron chi connectivity index (χ0n) is 14.1. The molecular weight excluding hydrogens is 278 g/mol. The van der Waals surface area contributed by atoms with E-state index in [-0.39, 0.29) is 17.6 Å². The molecule has 1 aromatic rings. The highest BCUT2D eigenvalue weighted by Gasteiger charge is 2.39. The van der Waals surface area contributed by atoms with Crippen LogP contribution in [-0.2, 0) is 5.54 Å². The molecule has 22 heavy (non-hydrogen) atoms. The molecule has 5 nitrogen and oxygen atoms in total. The smallest absolute Gasteiger partial charge is 0.315 e. The number of aromatic nitrogens is 1. The zero-order valence-corrected chi connectivity index (χ0v) is 14.1. The van der Waals surface area contributed by atoms with Crippen LogP contribution in [0.2, 0.25) is 0 Å². The van der Waals surface area contributed by atoms with E-state index in [4.69, 9.17) is 0 Å². The minimum Gasteiger partial charge on any atom is -0.315 e. The SMILES string of the molecule is C=C1CCN(C(C)(C)c2cccn(C(C)C)c2=O)C(=O)N1C. The van der Waals surface area contributed by atoms with Crippen molar-refractivity contribution < 1.29 is 4.79 Å². The average Bonchev–Trinajstić information content (AvgIpc) is 2.44. The Balaban J connectivity index is 2.47. The Bertz CT molecular complexity index is 658. The lowest BCUT2D eigenvalue weighted by Gasteiger charge is -2.44. The summed E-state index contributed by atoms with van der Waals surface area (Å²) in [6, 6.07) is 3.66. The van der Waals surface area contributed by atoms with E-state index < -0.39 is 5.54 Å². The van der Waals surface area contributed by atoms with E-state index in [1.165, 1.54) is 0 Å². The van der Waals surface area contributed by atoms with Crippen LogP contribution in [0.15, 0.2) is 35.4 Å². The molecule has 2 heterocycles. The summed E-state index contributed by atoms with van der Waals surface area (Å²) < 4.78 is 1.70. The molecule has 0 bridgehead atoms. The average molecular weight is 303 g/mol. The molecule has 0 radical (unpaired) electrons. The molecule has 0 aromatic carbocycles. The minimum absolute atomic E-state index is 0.0395. The highest BCUT2D eigenvalue weighted by Crippen LogP contribution is 2.30. The van der Waals surface area contributed by atoms with Crippen molar-refractivity contribution in [3.05, 3.63) is 46.5 Å². The summed E-state index contributed by atoms with van der Waals surface area (Å²) in [5.74, 6) is 0. The Morgan fingerprint density at radius 3 is 2.50 bits per heavy atom. The maximum absolute atomic E-state index is 12.7. The number of nitrogens with zero attached hydrogens (tertiary/aromatic N) is 3. The van der Waals surface area contributed by atoms with E-state index in [9.17, 15) is 9.59 Å². The van der Waals surface area contributed by atoms with Gasteiger partial charge in [-0.15, -0.1) is 0 Å². The van der Waals surface area contributed by atoms with Crippen LogP contribution >= 0.6 is 0 Å². The van der Waals surface area contributed by atoms with Crippen molar-refractivity contribution in [3.8, 4) is 0 Å². The zero-order chi connectivity index (χ0) is 16.7. The van der Waals surface area contributed by atoms with Crippen molar-refractivity contribution in [1.29, 1.82) is 0 Å². The first-order valence-corrected chi connectivity index (χ1v) is 7.62. The van der Waals surface area contributed by atoms with Gasteiger partial charge in [0.25, 0.3) is 5.56 Å². The van der Waals surface area contributed by atoms with Crippen LogP contribution in [-0.4, -0.2) is 34.0 Å². The topological polar surface area (TPSA) is 45.6 Å². The largest absolute Gasteiger partial charge is 0.324 e. The van der Waals surface area contributed by atoms with Crippen molar-refractivity contribution >= 4 is 6.03 Å². The molecule has 0 spiro atoms. The van der Waals surface area contributed by atoms with Crippen molar-refractivity contribution in [1.82, 2.24) is 14.4 Å². The Morgan fingerprint density at radius 1 is 1.27 bits per heavy atom. The number of carbonyl (C=O) groups excluding carboxylic acids is 1. The van der Waals surface area contributed by atoms with Gasteiger partial charge < -0.3 is 14.4 Å². The summed E-state index contributed by atoms with van der Waals surface area (Å²) in [6.07, 6.45) is 2.51. The van der Waals surface area contributed by atoms with Crippen molar-refractivity contribution in [2.75, 3.05) is 13.6 Å². The molecule has 0 aliphatic carbocycles. The molecule has 0 saturated carbocycles. The first-order valence-electron chi connectivity index (χ1n) is 7.62. The molecule has 0 unspecified atom stereocenters. The van der Waals surface area contributed by atoms with Gasteiger partial charge in [-0.3, -0.25) is 4.79 Å². The van der Waals surface area contributed by atoms with E-state index in [1.807, 2.05) is 39.8 Å². The quantitative estimate of drug-likeness (QED) is 0.862. The Hall–Kier alpha value is -2.04. The van der Waals surface area contributed by atoms with Crippen LogP contribution in [0, 0.1) is 0 Å².